The van der Waals surface area contributed by atoms with Gasteiger partial charge >= 0.3 is 5.97 Å². The van der Waals surface area contributed by atoms with Crippen LogP contribution in [0.15, 0.2) is 81.9 Å². The monoisotopic (exact) mass is 467 g/mol. The minimum atomic E-state index is -1.17. The van der Waals surface area contributed by atoms with Crippen LogP contribution in [0.1, 0.15) is 34.7 Å². The summed E-state index contributed by atoms with van der Waals surface area (Å²) in [5, 5.41) is 2.70. The molecule has 0 aliphatic carbocycles. The Balaban J connectivity index is 1.77. The molecule has 0 unspecified atom stereocenters. The number of esters is 1. The van der Waals surface area contributed by atoms with Crippen LogP contribution < -0.4 is 5.32 Å². The average Bonchev–Trinajstić information content (AvgIpc) is 3.16. The summed E-state index contributed by atoms with van der Waals surface area (Å²) in [5.41, 5.74) is 1.41. The summed E-state index contributed by atoms with van der Waals surface area (Å²) in [4.78, 5) is 36.8. The van der Waals surface area contributed by atoms with Crippen LogP contribution in [0.2, 0.25) is 0 Å². The maximum absolute atomic E-state index is 12.9. The van der Waals surface area contributed by atoms with Gasteiger partial charge in [0.1, 0.15) is 5.76 Å². The molecule has 0 aliphatic rings. The first-order chi connectivity index (χ1) is 14.4. The predicted octanol–water partition coefficient (Wildman–Crippen LogP) is 5.18. The van der Waals surface area contributed by atoms with E-state index >= 15 is 0 Å². The molecule has 1 amide bonds. The Morgan fingerprint density at radius 1 is 1.03 bits per heavy atom. The minimum Gasteiger partial charge on any atom is -0.450 e. The Kier molecular flexibility index (Phi) is 6.98. The summed E-state index contributed by atoms with van der Waals surface area (Å²) in [7, 11) is 0. The molecule has 0 radical (unpaired) electrons. The smallest absolute Gasteiger partial charge is 0.332 e. The fourth-order valence-corrected chi connectivity index (χ4v) is 2.97. The molecule has 0 aliphatic heterocycles. The molecule has 1 aromatic heterocycles. The van der Waals surface area contributed by atoms with Crippen LogP contribution in [-0.2, 0) is 14.3 Å². The van der Waals surface area contributed by atoms with E-state index in [9.17, 15) is 14.4 Å². The van der Waals surface area contributed by atoms with Crippen molar-refractivity contribution in [2.45, 2.75) is 13.0 Å². The maximum atomic E-state index is 12.9. The molecular weight excluding hydrogens is 450 g/mol. The number of halogens is 1. The van der Waals surface area contributed by atoms with Crippen molar-refractivity contribution in [3.05, 3.63) is 94.4 Å². The number of furan rings is 1. The highest BCUT2D eigenvalue weighted by Crippen LogP contribution is 2.22. The molecule has 152 valence electrons. The second-order valence-corrected chi connectivity index (χ2v) is 7.11. The van der Waals surface area contributed by atoms with Gasteiger partial charge in [-0.25, -0.2) is 4.79 Å². The van der Waals surface area contributed by atoms with E-state index < -0.39 is 18.0 Å². The molecule has 0 saturated heterocycles. The summed E-state index contributed by atoms with van der Waals surface area (Å²) < 4.78 is 11.2. The summed E-state index contributed by atoms with van der Waals surface area (Å²) in [5.74, 6) is -0.902. The van der Waals surface area contributed by atoms with Gasteiger partial charge in [-0.1, -0.05) is 42.5 Å². The Morgan fingerprint density at radius 3 is 2.47 bits per heavy atom. The summed E-state index contributed by atoms with van der Waals surface area (Å²) in [6.07, 6.45) is 1.46. The number of carbonyl (C=O) groups is 3. The van der Waals surface area contributed by atoms with Gasteiger partial charge in [0, 0.05) is 22.9 Å². The first-order valence-corrected chi connectivity index (χ1v) is 9.82. The lowest BCUT2D eigenvalue weighted by Crippen LogP contribution is -2.25. The van der Waals surface area contributed by atoms with Crippen LogP contribution >= 0.6 is 15.9 Å². The molecule has 2 aromatic carbocycles. The zero-order valence-electron chi connectivity index (χ0n) is 16.0. The van der Waals surface area contributed by atoms with Crippen LogP contribution in [0, 0.1) is 0 Å². The largest absolute Gasteiger partial charge is 0.450 e. The lowest BCUT2D eigenvalue weighted by molar-refractivity contribution is -0.149. The molecule has 3 aromatic rings. The number of rotatable bonds is 7. The summed E-state index contributed by atoms with van der Waals surface area (Å²) in [6, 6.07) is 18.6. The van der Waals surface area contributed by atoms with E-state index in [4.69, 9.17) is 9.15 Å². The van der Waals surface area contributed by atoms with Gasteiger partial charge in [-0.15, -0.1) is 0 Å². The molecule has 3 rings (SSSR count). The molecule has 0 spiro atoms. The Labute approximate surface area is 181 Å². The summed E-state index contributed by atoms with van der Waals surface area (Å²) >= 11 is 3.18. The van der Waals surface area contributed by atoms with E-state index in [1.54, 1.807) is 66.7 Å². The number of nitrogens with one attached hydrogen (secondary N) is 1. The number of amides is 1. The van der Waals surface area contributed by atoms with Gasteiger partial charge in [0.05, 0.1) is 0 Å². The Morgan fingerprint density at radius 2 is 1.80 bits per heavy atom. The number of ether oxygens (including phenoxy) is 1. The number of hydrogen-bond donors (Lipinski definition) is 1. The van der Waals surface area contributed by atoms with Crippen molar-refractivity contribution in [3.8, 4) is 0 Å². The molecule has 0 bridgehead atoms. The lowest BCUT2D eigenvalue weighted by Gasteiger charge is -2.17. The van der Waals surface area contributed by atoms with Gasteiger partial charge in [0.25, 0.3) is 5.91 Å². The SMILES string of the molecule is CC(=O)c1cccc(NC(=O)[C@H](OC(=O)/C=C/c2ccc(Br)o2)c2ccccc2)c1. The van der Waals surface area contributed by atoms with Crippen LogP contribution in [-0.4, -0.2) is 17.7 Å². The third-order valence-corrected chi connectivity index (χ3v) is 4.51. The molecule has 30 heavy (non-hydrogen) atoms. The van der Waals surface area contributed by atoms with E-state index in [0.29, 0.717) is 27.2 Å². The number of hydrogen-bond acceptors (Lipinski definition) is 5. The van der Waals surface area contributed by atoms with Crippen molar-refractivity contribution in [3.63, 3.8) is 0 Å². The standard InChI is InChI=1S/C23H18BrNO5/c1-15(26)17-8-5-9-18(14-17)25-23(28)22(16-6-3-2-4-7-16)30-21(27)13-11-19-10-12-20(24)29-19/h2-14,22H,1H3,(H,25,28)/b13-11+/t22-/m1/s1. The molecular formula is C23H18BrNO5. The number of carbonyl (C=O) groups excluding carboxylic acids is 3. The fraction of sp³-hybridized carbons (Fsp3) is 0.0870. The highest BCUT2D eigenvalue weighted by Gasteiger charge is 2.24. The first kappa shape index (κ1) is 21.3. The third kappa shape index (κ3) is 5.78. The number of Topliss-reactive ketones (excluding diaryl/α,β-unsaturated/α-hetero) is 1. The molecule has 0 fully saturated rings. The van der Waals surface area contributed by atoms with Crippen LogP contribution in [0.3, 0.4) is 0 Å². The predicted molar refractivity (Wildman–Crippen MR) is 116 cm³/mol. The van der Waals surface area contributed by atoms with E-state index in [2.05, 4.69) is 21.2 Å². The topological polar surface area (TPSA) is 85.6 Å². The average molecular weight is 468 g/mol. The van der Waals surface area contributed by atoms with E-state index in [1.807, 2.05) is 0 Å². The molecule has 0 saturated carbocycles. The first-order valence-electron chi connectivity index (χ1n) is 9.03. The second kappa shape index (κ2) is 9.84. The highest BCUT2D eigenvalue weighted by molar-refractivity contribution is 9.10. The van der Waals surface area contributed by atoms with Crippen molar-refractivity contribution in [1.29, 1.82) is 0 Å². The summed E-state index contributed by atoms with van der Waals surface area (Å²) in [6.45, 7) is 1.44. The normalized spacial score (nSPS) is 11.8. The van der Waals surface area contributed by atoms with Crippen molar-refractivity contribution in [2.24, 2.45) is 0 Å². The quantitative estimate of drug-likeness (QED) is 0.293. The fourth-order valence-electron chi connectivity index (χ4n) is 2.65. The Hall–Kier alpha value is -3.45. The Bertz CT molecular complexity index is 1090. The van der Waals surface area contributed by atoms with Crippen molar-refractivity contribution in [2.75, 3.05) is 5.32 Å². The molecule has 7 heteroatoms. The number of ketones is 1. The second-order valence-electron chi connectivity index (χ2n) is 6.33. The van der Waals surface area contributed by atoms with Gasteiger partial charge in [-0.05, 0) is 53.2 Å². The van der Waals surface area contributed by atoms with Gasteiger partial charge in [0.15, 0.2) is 10.5 Å². The van der Waals surface area contributed by atoms with Crippen LogP contribution in [0.25, 0.3) is 6.08 Å². The van der Waals surface area contributed by atoms with Gasteiger partial charge < -0.3 is 14.5 Å². The zero-order chi connectivity index (χ0) is 21.5. The molecule has 1 atom stereocenters. The lowest BCUT2D eigenvalue weighted by atomic mass is 10.1. The van der Waals surface area contributed by atoms with E-state index in [-0.39, 0.29) is 5.78 Å². The minimum absolute atomic E-state index is 0.119. The van der Waals surface area contributed by atoms with Crippen molar-refractivity contribution >= 4 is 45.4 Å². The van der Waals surface area contributed by atoms with Gasteiger partial charge in [-0.2, -0.15) is 0 Å². The molecule has 6 nitrogen and oxygen atoms in total. The molecule has 1 heterocycles. The zero-order valence-corrected chi connectivity index (χ0v) is 17.6. The maximum Gasteiger partial charge on any atom is 0.332 e. The highest BCUT2D eigenvalue weighted by atomic mass is 79.9. The van der Waals surface area contributed by atoms with Crippen molar-refractivity contribution in [1.82, 2.24) is 0 Å². The van der Waals surface area contributed by atoms with Crippen molar-refractivity contribution < 1.29 is 23.5 Å². The van der Waals surface area contributed by atoms with E-state index in [0.717, 1.165) is 0 Å². The third-order valence-electron chi connectivity index (χ3n) is 4.09. The van der Waals surface area contributed by atoms with E-state index in [1.165, 1.54) is 19.1 Å². The molecule has 1 N–H and O–H groups in total. The number of anilines is 1. The van der Waals surface area contributed by atoms with Gasteiger partial charge in [0.2, 0.25) is 6.10 Å². The number of benzene rings is 2. The van der Waals surface area contributed by atoms with Crippen LogP contribution in [0.5, 0.6) is 0 Å². The van der Waals surface area contributed by atoms with Gasteiger partial charge in [-0.3, -0.25) is 9.59 Å². The van der Waals surface area contributed by atoms with Crippen LogP contribution in [0.4, 0.5) is 5.69 Å².